The number of esters is 1. The molecule has 0 N–H and O–H groups in total. The van der Waals surface area contributed by atoms with E-state index >= 15 is 0 Å². The molecule has 0 spiro atoms. The van der Waals surface area contributed by atoms with Crippen LogP contribution in [-0.2, 0) is 16.0 Å². The van der Waals surface area contributed by atoms with Crippen LogP contribution in [0.15, 0.2) is 30.3 Å². The fourth-order valence-electron chi connectivity index (χ4n) is 1.67. The molecule has 0 amide bonds. The zero-order chi connectivity index (χ0) is 14.7. The molecule has 1 atom stereocenters. The van der Waals surface area contributed by atoms with Crippen LogP contribution >= 0.6 is 34.8 Å². The quantitative estimate of drug-likeness (QED) is 0.462. The number of carbonyl (C=O) groups excluding carboxylic acids is 1. The average Bonchev–Trinajstić information content (AvgIpc) is 2.24. The van der Waals surface area contributed by atoms with Crippen molar-refractivity contribution >= 4 is 48.8 Å². The van der Waals surface area contributed by atoms with Crippen molar-refractivity contribution in [2.45, 2.75) is 35.6 Å². The summed E-state index contributed by atoms with van der Waals surface area (Å²) in [5.74, 6) is -0.370. The van der Waals surface area contributed by atoms with E-state index in [9.17, 15) is 4.79 Å². The fourth-order valence-corrected chi connectivity index (χ4v) is 6.22. The van der Waals surface area contributed by atoms with Crippen molar-refractivity contribution in [1.82, 2.24) is 0 Å². The Labute approximate surface area is 130 Å². The van der Waals surface area contributed by atoms with Gasteiger partial charge in [0.05, 0.1) is 14.5 Å². The minimum absolute atomic E-state index is 0.183. The van der Waals surface area contributed by atoms with E-state index in [-0.39, 0.29) is 12.4 Å². The molecule has 19 heavy (non-hydrogen) atoms. The zero-order valence-electron chi connectivity index (χ0n) is 11.1. The molecule has 0 bridgehead atoms. The maximum atomic E-state index is 11.9. The summed E-state index contributed by atoms with van der Waals surface area (Å²) in [6, 6.07) is 9.35. The monoisotopic (exact) mass is 338 g/mol. The summed E-state index contributed by atoms with van der Waals surface area (Å²) in [4.78, 5) is 11.9. The van der Waals surface area contributed by atoms with Gasteiger partial charge in [-0.25, -0.2) is 0 Å². The van der Waals surface area contributed by atoms with Crippen LogP contribution in [0.2, 0.25) is 19.6 Å². The molecule has 2 nitrogen and oxygen atoms in total. The van der Waals surface area contributed by atoms with Gasteiger partial charge >= 0.3 is 5.97 Å². The van der Waals surface area contributed by atoms with Gasteiger partial charge in [-0.2, -0.15) is 0 Å². The van der Waals surface area contributed by atoms with E-state index in [1.165, 1.54) is 0 Å². The van der Waals surface area contributed by atoms with Crippen LogP contribution in [0.25, 0.3) is 0 Å². The third-order valence-electron chi connectivity index (χ3n) is 2.52. The molecule has 0 radical (unpaired) electrons. The van der Waals surface area contributed by atoms with E-state index in [0.717, 1.165) is 5.56 Å². The number of ether oxygens (including phenoxy) is 1. The van der Waals surface area contributed by atoms with Gasteiger partial charge in [0.15, 0.2) is 0 Å². The molecule has 0 aromatic heterocycles. The Morgan fingerprint density at radius 2 is 1.74 bits per heavy atom. The first-order valence-electron chi connectivity index (χ1n) is 5.91. The van der Waals surface area contributed by atoms with E-state index in [2.05, 4.69) is 0 Å². The number of benzene rings is 1. The van der Waals surface area contributed by atoms with Gasteiger partial charge in [0.1, 0.15) is 5.73 Å². The molecule has 1 unspecified atom stereocenters. The highest BCUT2D eigenvalue weighted by molar-refractivity contribution is 6.83. The van der Waals surface area contributed by atoms with E-state index < -0.39 is 17.6 Å². The summed E-state index contributed by atoms with van der Waals surface area (Å²) in [6.45, 7) is 5.99. The van der Waals surface area contributed by atoms with Crippen LogP contribution in [0.3, 0.4) is 0 Å². The highest BCUT2D eigenvalue weighted by atomic mass is 35.6. The van der Waals surface area contributed by atoms with E-state index in [1.807, 2.05) is 50.0 Å². The largest absolute Gasteiger partial charge is 0.462 e. The SMILES string of the molecule is C[Si](C)(C)C(OC(=O)Cc1ccccc1)C(Cl)(Cl)Cl. The van der Waals surface area contributed by atoms with E-state index in [0.29, 0.717) is 0 Å². The molecule has 0 aliphatic heterocycles. The maximum absolute atomic E-state index is 11.9. The Morgan fingerprint density at radius 1 is 1.21 bits per heavy atom. The summed E-state index contributed by atoms with van der Waals surface area (Å²) in [6.07, 6.45) is 0.183. The van der Waals surface area contributed by atoms with E-state index in [4.69, 9.17) is 39.5 Å². The highest BCUT2D eigenvalue weighted by Gasteiger charge is 2.45. The number of carbonyl (C=O) groups is 1. The predicted octanol–water partition coefficient (Wildman–Crippen LogP) is 4.39. The van der Waals surface area contributed by atoms with Crippen molar-refractivity contribution in [2.75, 3.05) is 0 Å². The lowest BCUT2D eigenvalue weighted by atomic mass is 10.2. The summed E-state index contributed by atoms with van der Waals surface area (Å²) in [5.41, 5.74) is 0.215. The van der Waals surface area contributed by atoms with Crippen molar-refractivity contribution in [3.8, 4) is 0 Å². The third kappa shape index (κ3) is 5.73. The molecule has 0 saturated carbocycles. The molecule has 1 aromatic rings. The topological polar surface area (TPSA) is 26.3 Å². The van der Waals surface area contributed by atoms with Crippen molar-refractivity contribution in [3.05, 3.63) is 35.9 Å². The average molecular weight is 340 g/mol. The lowest BCUT2D eigenvalue weighted by molar-refractivity contribution is -0.144. The maximum Gasteiger partial charge on any atom is 0.310 e. The second-order valence-corrected chi connectivity index (χ2v) is 13.1. The molecule has 1 rings (SSSR count). The number of hydrogen-bond donors (Lipinski definition) is 0. The van der Waals surface area contributed by atoms with Crippen molar-refractivity contribution in [2.24, 2.45) is 0 Å². The number of rotatable bonds is 4. The Kier molecular flexibility index (Phi) is 5.74. The smallest absolute Gasteiger partial charge is 0.310 e. The van der Waals surface area contributed by atoms with Crippen molar-refractivity contribution in [1.29, 1.82) is 0 Å². The van der Waals surface area contributed by atoms with Gasteiger partial charge in [-0.15, -0.1) is 0 Å². The molecule has 6 heteroatoms. The van der Waals surface area contributed by atoms with Crippen LogP contribution in [-0.4, -0.2) is 23.6 Å². The van der Waals surface area contributed by atoms with Crippen molar-refractivity contribution in [3.63, 3.8) is 0 Å². The first-order valence-corrected chi connectivity index (χ1v) is 10.6. The third-order valence-corrected chi connectivity index (χ3v) is 5.79. The Bertz CT molecular complexity index is 410. The molecule has 0 fully saturated rings. The standard InChI is InChI=1S/C13H17Cl3O2Si/c1-19(2,3)12(13(14,15)16)18-11(17)9-10-7-5-4-6-8-10/h4-8,12H,9H2,1-3H3. The molecule has 0 saturated heterocycles. The zero-order valence-corrected chi connectivity index (χ0v) is 14.4. The van der Waals surface area contributed by atoms with Crippen LogP contribution in [0, 0.1) is 0 Å². The van der Waals surface area contributed by atoms with Crippen molar-refractivity contribution < 1.29 is 9.53 Å². The Morgan fingerprint density at radius 3 is 2.16 bits per heavy atom. The van der Waals surface area contributed by atoms with Crippen LogP contribution in [0.1, 0.15) is 5.56 Å². The minimum Gasteiger partial charge on any atom is -0.462 e. The Balaban J connectivity index is 2.73. The first-order chi connectivity index (χ1) is 8.60. The van der Waals surface area contributed by atoms with Gasteiger partial charge in [-0.3, -0.25) is 4.79 Å². The summed E-state index contributed by atoms with van der Waals surface area (Å²) in [7, 11) is -1.94. The van der Waals surface area contributed by atoms with Gasteiger partial charge < -0.3 is 4.74 Å². The van der Waals surface area contributed by atoms with Crippen LogP contribution < -0.4 is 0 Å². The van der Waals surface area contributed by atoms with Crippen LogP contribution in [0.4, 0.5) is 0 Å². The van der Waals surface area contributed by atoms with Crippen LogP contribution in [0.5, 0.6) is 0 Å². The number of halogens is 3. The lowest BCUT2D eigenvalue weighted by Gasteiger charge is -2.33. The molecular formula is C13H17Cl3O2Si. The van der Waals surface area contributed by atoms with Gasteiger partial charge in [-0.1, -0.05) is 84.8 Å². The normalized spacial score (nSPS) is 14.0. The molecule has 0 heterocycles. The number of hydrogen-bond acceptors (Lipinski definition) is 2. The van der Waals surface area contributed by atoms with Gasteiger partial charge in [0.25, 0.3) is 0 Å². The molecule has 1 aromatic carbocycles. The van der Waals surface area contributed by atoms with Gasteiger partial charge in [0.2, 0.25) is 3.79 Å². The second-order valence-electron chi connectivity index (χ2n) is 5.44. The second kappa shape index (κ2) is 6.49. The predicted molar refractivity (Wildman–Crippen MR) is 83.7 cm³/mol. The first kappa shape index (κ1) is 16.8. The molecule has 0 aliphatic rings. The summed E-state index contributed by atoms with van der Waals surface area (Å²) < 4.78 is 3.82. The van der Waals surface area contributed by atoms with E-state index in [1.54, 1.807) is 0 Å². The molecule has 0 aliphatic carbocycles. The summed E-state index contributed by atoms with van der Waals surface area (Å²) >= 11 is 17.8. The van der Waals surface area contributed by atoms with Gasteiger partial charge in [0, 0.05) is 0 Å². The molecular weight excluding hydrogens is 323 g/mol. The number of alkyl halides is 3. The Hall–Kier alpha value is -0.223. The van der Waals surface area contributed by atoms with Gasteiger partial charge in [-0.05, 0) is 5.56 Å². The summed E-state index contributed by atoms with van der Waals surface area (Å²) in [5, 5.41) is 0. The molecule has 106 valence electrons. The fraction of sp³-hybridized carbons (Fsp3) is 0.462. The lowest BCUT2D eigenvalue weighted by Crippen LogP contribution is -2.50. The highest BCUT2D eigenvalue weighted by Crippen LogP contribution is 2.37. The minimum atomic E-state index is -1.94.